The molecule has 24 heavy (non-hydrogen) atoms. The molecular formula is C16H21N5O3. The van der Waals surface area contributed by atoms with Gasteiger partial charge in [-0.1, -0.05) is 30.3 Å². The molecule has 1 aromatic carbocycles. The molecule has 0 amide bonds. The fourth-order valence-corrected chi connectivity index (χ4v) is 2.32. The second-order valence-corrected chi connectivity index (χ2v) is 5.45. The smallest absolute Gasteiger partial charge is 0.353 e. The Morgan fingerprint density at radius 1 is 1.17 bits per heavy atom. The van der Waals surface area contributed by atoms with Crippen LogP contribution in [0.1, 0.15) is 25.5 Å². The third kappa shape index (κ3) is 4.39. The molecule has 0 aliphatic rings. The Morgan fingerprint density at radius 2 is 1.79 bits per heavy atom. The monoisotopic (exact) mass is 331 g/mol. The minimum atomic E-state index is -0.484. The Labute approximate surface area is 140 Å². The van der Waals surface area contributed by atoms with Crippen LogP contribution in [-0.4, -0.2) is 34.6 Å². The molecule has 0 saturated heterocycles. The standard InChI is InChI=1S/C16H21N5O3/c1-11(9-24-3)19-15-14(21(22)23)16(18-10-17-15)20-12(2)13-7-5-4-6-8-13/h4-8,10-12H,9H2,1-3H3,(H2,17,18,19,20). The minimum Gasteiger partial charge on any atom is -0.383 e. The van der Waals surface area contributed by atoms with Gasteiger partial charge >= 0.3 is 5.69 Å². The third-order valence-corrected chi connectivity index (χ3v) is 3.46. The van der Waals surface area contributed by atoms with E-state index in [2.05, 4.69) is 20.6 Å². The maximum absolute atomic E-state index is 11.5. The van der Waals surface area contributed by atoms with Crippen LogP contribution >= 0.6 is 0 Å². The van der Waals surface area contributed by atoms with E-state index in [1.807, 2.05) is 44.2 Å². The summed E-state index contributed by atoms with van der Waals surface area (Å²) >= 11 is 0. The molecule has 2 N–H and O–H groups in total. The molecule has 8 heteroatoms. The number of nitro groups is 1. The molecule has 2 aromatic rings. The van der Waals surface area contributed by atoms with Crippen molar-refractivity contribution in [3.8, 4) is 0 Å². The number of nitrogens with zero attached hydrogens (tertiary/aromatic N) is 3. The van der Waals surface area contributed by atoms with Crippen LogP contribution < -0.4 is 10.6 Å². The lowest BCUT2D eigenvalue weighted by Crippen LogP contribution is -2.22. The van der Waals surface area contributed by atoms with Gasteiger partial charge in [0.2, 0.25) is 11.6 Å². The summed E-state index contributed by atoms with van der Waals surface area (Å²) in [5.41, 5.74) is 0.830. The SMILES string of the molecule is COCC(C)Nc1ncnc(NC(C)c2ccccc2)c1[N+](=O)[O-]. The van der Waals surface area contributed by atoms with Gasteiger partial charge in [-0.3, -0.25) is 10.1 Å². The Bertz CT molecular complexity index is 681. The minimum absolute atomic E-state index is 0.122. The van der Waals surface area contributed by atoms with Gasteiger partial charge in [-0.2, -0.15) is 0 Å². The van der Waals surface area contributed by atoms with Crippen molar-refractivity contribution in [2.45, 2.75) is 25.9 Å². The lowest BCUT2D eigenvalue weighted by atomic mass is 10.1. The normalized spacial score (nSPS) is 13.1. The average Bonchev–Trinajstić information content (AvgIpc) is 2.55. The van der Waals surface area contributed by atoms with Crippen LogP contribution in [0.4, 0.5) is 17.3 Å². The Morgan fingerprint density at radius 3 is 2.38 bits per heavy atom. The number of rotatable bonds is 8. The molecule has 0 bridgehead atoms. The average molecular weight is 331 g/mol. The number of anilines is 2. The first-order valence-corrected chi connectivity index (χ1v) is 7.59. The fraction of sp³-hybridized carbons (Fsp3) is 0.375. The lowest BCUT2D eigenvalue weighted by molar-refractivity contribution is -0.383. The van der Waals surface area contributed by atoms with Gasteiger partial charge in [0.05, 0.1) is 17.6 Å². The van der Waals surface area contributed by atoms with Crippen molar-refractivity contribution in [3.05, 3.63) is 52.3 Å². The van der Waals surface area contributed by atoms with Crippen molar-refractivity contribution >= 4 is 17.3 Å². The molecule has 2 unspecified atom stereocenters. The number of nitrogens with one attached hydrogen (secondary N) is 2. The molecule has 1 heterocycles. The summed E-state index contributed by atoms with van der Waals surface area (Å²) in [5, 5.41) is 17.6. The molecule has 0 radical (unpaired) electrons. The predicted molar refractivity (Wildman–Crippen MR) is 92.1 cm³/mol. The van der Waals surface area contributed by atoms with Gasteiger partial charge in [0.15, 0.2) is 0 Å². The Hall–Kier alpha value is -2.74. The highest BCUT2D eigenvalue weighted by Crippen LogP contribution is 2.31. The molecular weight excluding hydrogens is 310 g/mol. The van der Waals surface area contributed by atoms with E-state index < -0.39 is 4.92 Å². The van der Waals surface area contributed by atoms with Crippen molar-refractivity contribution in [1.82, 2.24) is 9.97 Å². The molecule has 2 atom stereocenters. The Balaban J connectivity index is 2.27. The second kappa shape index (κ2) is 8.21. The maximum Gasteiger partial charge on any atom is 0.353 e. The van der Waals surface area contributed by atoms with Gasteiger partial charge in [-0.25, -0.2) is 9.97 Å². The number of benzene rings is 1. The van der Waals surface area contributed by atoms with Crippen LogP contribution in [0.15, 0.2) is 36.7 Å². The molecule has 0 saturated carbocycles. The highest BCUT2D eigenvalue weighted by Gasteiger charge is 2.25. The van der Waals surface area contributed by atoms with Gasteiger partial charge in [0, 0.05) is 13.2 Å². The van der Waals surface area contributed by atoms with Gasteiger partial charge < -0.3 is 15.4 Å². The zero-order chi connectivity index (χ0) is 17.5. The van der Waals surface area contributed by atoms with E-state index in [-0.39, 0.29) is 29.4 Å². The summed E-state index contributed by atoms with van der Waals surface area (Å²) in [7, 11) is 1.57. The largest absolute Gasteiger partial charge is 0.383 e. The number of hydrogen-bond acceptors (Lipinski definition) is 7. The molecule has 128 valence electrons. The van der Waals surface area contributed by atoms with E-state index in [1.54, 1.807) is 7.11 Å². The van der Waals surface area contributed by atoms with Gasteiger partial charge in [0.25, 0.3) is 0 Å². The quantitative estimate of drug-likeness (QED) is 0.566. The number of hydrogen-bond donors (Lipinski definition) is 2. The molecule has 0 fully saturated rings. The summed E-state index contributed by atoms with van der Waals surface area (Å²) in [6, 6.07) is 9.40. The summed E-state index contributed by atoms with van der Waals surface area (Å²) in [5.74, 6) is 0.348. The molecule has 0 aliphatic heterocycles. The maximum atomic E-state index is 11.5. The first-order valence-electron chi connectivity index (χ1n) is 7.59. The molecule has 8 nitrogen and oxygen atoms in total. The molecule has 2 rings (SSSR count). The van der Waals surface area contributed by atoms with Gasteiger partial charge in [-0.15, -0.1) is 0 Å². The van der Waals surface area contributed by atoms with Crippen LogP contribution in [0.25, 0.3) is 0 Å². The van der Waals surface area contributed by atoms with Crippen molar-refractivity contribution in [2.75, 3.05) is 24.4 Å². The number of ether oxygens (including phenoxy) is 1. The van der Waals surface area contributed by atoms with E-state index in [4.69, 9.17) is 4.74 Å². The van der Waals surface area contributed by atoms with Gasteiger partial charge in [0.1, 0.15) is 6.33 Å². The summed E-state index contributed by atoms with van der Waals surface area (Å²) in [6.45, 7) is 4.18. The zero-order valence-corrected chi connectivity index (χ0v) is 13.9. The van der Waals surface area contributed by atoms with Gasteiger partial charge in [-0.05, 0) is 19.4 Å². The highest BCUT2D eigenvalue weighted by molar-refractivity contribution is 5.69. The number of aromatic nitrogens is 2. The van der Waals surface area contributed by atoms with Crippen molar-refractivity contribution in [3.63, 3.8) is 0 Å². The topological polar surface area (TPSA) is 102 Å². The molecule has 0 aliphatic carbocycles. The Kier molecular flexibility index (Phi) is 6.02. The molecule has 0 spiro atoms. The number of methoxy groups -OCH3 is 1. The third-order valence-electron chi connectivity index (χ3n) is 3.46. The van der Waals surface area contributed by atoms with Crippen molar-refractivity contribution in [1.29, 1.82) is 0 Å². The lowest BCUT2D eigenvalue weighted by Gasteiger charge is -2.17. The van der Waals surface area contributed by atoms with Crippen LogP contribution in [0, 0.1) is 10.1 Å². The van der Waals surface area contributed by atoms with Crippen LogP contribution in [0.5, 0.6) is 0 Å². The second-order valence-electron chi connectivity index (χ2n) is 5.45. The van der Waals surface area contributed by atoms with Crippen LogP contribution in [0.3, 0.4) is 0 Å². The van der Waals surface area contributed by atoms with E-state index in [0.717, 1.165) is 5.56 Å². The van der Waals surface area contributed by atoms with E-state index in [1.165, 1.54) is 6.33 Å². The van der Waals surface area contributed by atoms with Crippen LogP contribution in [-0.2, 0) is 4.74 Å². The van der Waals surface area contributed by atoms with E-state index >= 15 is 0 Å². The summed E-state index contributed by atoms with van der Waals surface area (Å²) in [4.78, 5) is 19.1. The predicted octanol–water partition coefficient (Wildman–Crippen LogP) is 3.00. The fourth-order valence-electron chi connectivity index (χ4n) is 2.32. The van der Waals surface area contributed by atoms with E-state index in [0.29, 0.717) is 6.61 Å². The first kappa shape index (κ1) is 17.6. The zero-order valence-electron chi connectivity index (χ0n) is 13.9. The van der Waals surface area contributed by atoms with E-state index in [9.17, 15) is 10.1 Å². The van der Waals surface area contributed by atoms with Crippen molar-refractivity contribution in [2.24, 2.45) is 0 Å². The van der Waals surface area contributed by atoms with Crippen molar-refractivity contribution < 1.29 is 9.66 Å². The highest BCUT2D eigenvalue weighted by atomic mass is 16.6. The first-order chi connectivity index (χ1) is 11.5. The van der Waals surface area contributed by atoms with Crippen LogP contribution in [0.2, 0.25) is 0 Å². The molecule has 1 aromatic heterocycles. The summed E-state index contributed by atoms with van der Waals surface area (Å²) in [6.07, 6.45) is 1.30. The summed E-state index contributed by atoms with van der Waals surface area (Å²) < 4.78 is 5.04.